The van der Waals surface area contributed by atoms with Crippen LogP contribution >= 0.6 is 0 Å². The molecule has 1 aliphatic heterocycles. The van der Waals surface area contributed by atoms with Crippen molar-refractivity contribution in [3.05, 3.63) is 48.0 Å². The molecule has 0 N–H and O–H groups in total. The molecule has 3 rings (SSSR count). The normalized spacial score (nSPS) is 23.3. The van der Waals surface area contributed by atoms with Gasteiger partial charge in [-0.2, -0.15) is 0 Å². The van der Waals surface area contributed by atoms with Crippen LogP contribution in [0.2, 0.25) is 0 Å². The summed E-state index contributed by atoms with van der Waals surface area (Å²) in [7, 11) is 2.06. The Kier molecular flexibility index (Phi) is 3.58. The fraction of sp³-hybridized carbons (Fsp3) is 0.389. The molecular weight excluding hydrogens is 246 g/mol. The highest BCUT2D eigenvalue weighted by molar-refractivity contribution is 5.85. The van der Waals surface area contributed by atoms with Gasteiger partial charge in [-0.1, -0.05) is 42.5 Å². The number of Topliss-reactive ketones (excluding diaryl/α,β-unsaturated/α-hetero) is 1. The molecule has 0 bridgehead atoms. The number of fused-ring (bicyclic) bond motifs is 1. The molecule has 0 saturated carbocycles. The molecule has 1 saturated heterocycles. The molecule has 1 heterocycles. The third-order valence-corrected chi connectivity index (χ3v) is 4.49. The van der Waals surface area contributed by atoms with Crippen LogP contribution in [0.3, 0.4) is 0 Å². The van der Waals surface area contributed by atoms with Gasteiger partial charge in [0.25, 0.3) is 0 Å². The van der Waals surface area contributed by atoms with E-state index in [9.17, 15) is 4.79 Å². The monoisotopic (exact) mass is 267 g/mol. The lowest BCUT2D eigenvalue weighted by molar-refractivity contribution is -0.120. The fourth-order valence-electron chi connectivity index (χ4n) is 3.51. The Hall–Kier alpha value is -1.67. The molecule has 0 radical (unpaired) electrons. The van der Waals surface area contributed by atoms with Crippen molar-refractivity contribution in [2.24, 2.45) is 5.92 Å². The molecule has 2 nitrogen and oxygen atoms in total. The zero-order valence-corrected chi connectivity index (χ0v) is 12.2. The largest absolute Gasteiger partial charge is 0.298 e. The van der Waals surface area contributed by atoms with Gasteiger partial charge in [-0.05, 0) is 49.1 Å². The van der Waals surface area contributed by atoms with Crippen LogP contribution in [0.25, 0.3) is 10.8 Å². The van der Waals surface area contributed by atoms with Crippen LogP contribution in [0.15, 0.2) is 42.5 Å². The molecule has 20 heavy (non-hydrogen) atoms. The minimum atomic E-state index is 0.120. The summed E-state index contributed by atoms with van der Waals surface area (Å²) in [5.41, 5.74) is 1.41. The van der Waals surface area contributed by atoms with Gasteiger partial charge >= 0.3 is 0 Å². The fourth-order valence-corrected chi connectivity index (χ4v) is 3.51. The Bertz CT molecular complexity index is 629. The Morgan fingerprint density at radius 2 is 1.95 bits per heavy atom. The van der Waals surface area contributed by atoms with Crippen LogP contribution in [0.4, 0.5) is 0 Å². The zero-order valence-electron chi connectivity index (χ0n) is 12.2. The minimum absolute atomic E-state index is 0.120. The molecule has 0 amide bonds. The van der Waals surface area contributed by atoms with Crippen molar-refractivity contribution < 1.29 is 4.79 Å². The van der Waals surface area contributed by atoms with Crippen LogP contribution in [-0.4, -0.2) is 30.3 Å². The van der Waals surface area contributed by atoms with E-state index < -0.39 is 0 Å². The van der Waals surface area contributed by atoms with Gasteiger partial charge in [0.1, 0.15) is 5.78 Å². The summed E-state index contributed by atoms with van der Waals surface area (Å²) in [6.07, 6.45) is 2.06. The van der Waals surface area contributed by atoms with Gasteiger partial charge in [-0.15, -0.1) is 0 Å². The average Bonchev–Trinajstić information content (AvgIpc) is 2.80. The Morgan fingerprint density at radius 3 is 2.70 bits per heavy atom. The van der Waals surface area contributed by atoms with Crippen LogP contribution in [0, 0.1) is 5.92 Å². The molecule has 2 atom stereocenters. The summed E-state index contributed by atoms with van der Waals surface area (Å²) in [4.78, 5) is 13.8. The number of hydrogen-bond acceptors (Lipinski definition) is 2. The molecule has 2 aromatic carbocycles. The summed E-state index contributed by atoms with van der Waals surface area (Å²) in [5.74, 6) is 0.882. The predicted molar refractivity (Wildman–Crippen MR) is 82.9 cm³/mol. The first-order valence-corrected chi connectivity index (χ1v) is 7.32. The highest BCUT2D eigenvalue weighted by atomic mass is 16.1. The predicted octanol–water partition coefficient (Wildman–Crippen LogP) is 3.29. The standard InChI is InChI=1S/C18H21NO/c1-13(20)18-11-14(12-19(18)2)10-16-8-5-7-15-6-3-4-9-17(15)16/h3-9,14,18H,10-12H2,1-2H3. The second-order valence-electron chi connectivity index (χ2n) is 6.01. The van der Waals surface area contributed by atoms with E-state index in [1.54, 1.807) is 6.92 Å². The topological polar surface area (TPSA) is 20.3 Å². The van der Waals surface area contributed by atoms with E-state index in [0.717, 1.165) is 19.4 Å². The quantitative estimate of drug-likeness (QED) is 0.850. The maximum atomic E-state index is 11.6. The summed E-state index contributed by atoms with van der Waals surface area (Å²) in [6.45, 7) is 2.73. The van der Waals surface area contributed by atoms with Crippen molar-refractivity contribution in [2.75, 3.05) is 13.6 Å². The number of carbonyl (C=O) groups is 1. The number of likely N-dealkylation sites (tertiary alicyclic amines) is 1. The second-order valence-corrected chi connectivity index (χ2v) is 6.01. The molecule has 2 aromatic rings. The molecule has 0 spiro atoms. The SMILES string of the molecule is CC(=O)C1CC(Cc2cccc3ccccc23)CN1C. The molecule has 1 aliphatic rings. The number of rotatable bonds is 3. The number of hydrogen-bond donors (Lipinski definition) is 0. The van der Waals surface area contributed by atoms with Crippen LogP contribution in [-0.2, 0) is 11.2 Å². The molecule has 0 aliphatic carbocycles. The molecular formula is C18H21NO. The van der Waals surface area contributed by atoms with Gasteiger partial charge < -0.3 is 0 Å². The summed E-state index contributed by atoms with van der Waals surface area (Å²) in [5, 5.41) is 2.66. The Labute approximate surface area is 120 Å². The number of benzene rings is 2. The third-order valence-electron chi connectivity index (χ3n) is 4.49. The first-order chi connectivity index (χ1) is 9.65. The van der Waals surface area contributed by atoms with Gasteiger partial charge in [0.15, 0.2) is 0 Å². The second kappa shape index (κ2) is 5.37. The van der Waals surface area contributed by atoms with E-state index in [2.05, 4.69) is 54.4 Å². The van der Waals surface area contributed by atoms with Crippen LogP contribution < -0.4 is 0 Å². The summed E-state index contributed by atoms with van der Waals surface area (Å²) < 4.78 is 0. The van der Waals surface area contributed by atoms with Crippen molar-refractivity contribution in [1.82, 2.24) is 4.90 Å². The number of likely N-dealkylation sites (N-methyl/N-ethyl adjacent to an activating group) is 1. The van der Waals surface area contributed by atoms with Crippen LogP contribution in [0.1, 0.15) is 18.9 Å². The minimum Gasteiger partial charge on any atom is -0.298 e. The maximum Gasteiger partial charge on any atom is 0.146 e. The smallest absolute Gasteiger partial charge is 0.146 e. The van der Waals surface area contributed by atoms with E-state index in [1.165, 1.54) is 16.3 Å². The van der Waals surface area contributed by atoms with Crippen LogP contribution in [0.5, 0.6) is 0 Å². The van der Waals surface area contributed by atoms with Crippen molar-refractivity contribution in [3.63, 3.8) is 0 Å². The molecule has 0 aromatic heterocycles. The Balaban J connectivity index is 1.82. The summed E-state index contributed by atoms with van der Waals surface area (Å²) in [6, 6.07) is 15.2. The van der Waals surface area contributed by atoms with Crippen molar-refractivity contribution >= 4 is 16.6 Å². The van der Waals surface area contributed by atoms with Gasteiger partial charge in [0.2, 0.25) is 0 Å². The van der Waals surface area contributed by atoms with E-state index >= 15 is 0 Å². The average molecular weight is 267 g/mol. The number of carbonyl (C=O) groups excluding carboxylic acids is 1. The zero-order chi connectivity index (χ0) is 14.1. The van der Waals surface area contributed by atoms with E-state index in [1.807, 2.05) is 0 Å². The lowest BCUT2D eigenvalue weighted by Gasteiger charge is -2.15. The number of ketones is 1. The molecule has 2 unspecified atom stereocenters. The van der Waals surface area contributed by atoms with E-state index in [-0.39, 0.29) is 6.04 Å². The Morgan fingerprint density at radius 1 is 1.20 bits per heavy atom. The first-order valence-electron chi connectivity index (χ1n) is 7.32. The lowest BCUT2D eigenvalue weighted by Crippen LogP contribution is -2.30. The molecule has 104 valence electrons. The van der Waals surface area contributed by atoms with Crippen molar-refractivity contribution in [1.29, 1.82) is 0 Å². The lowest BCUT2D eigenvalue weighted by atomic mass is 9.93. The van der Waals surface area contributed by atoms with Crippen molar-refractivity contribution in [2.45, 2.75) is 25.8 Å². The molecule has 1 fully saturated rings. The highest BCUT2D eigenvalue weighted by Gasteiger charge is 2.32. The summed E-state index contributed by atoms with van der Waals surface area (Å²) >= 11 is 0. The third kappa shape index (κ3) is 2.48. The van der Waals surface area contributed by atoms with Crippen molar-refractivity contribution in [3.8, 4) is 0 Å². The highest BCUT2D eigenvalue weighted by Crippen LogP contribution is 2.28. The van der Waals surface area contributed by atoms with E-state index in [4.69, 9.17) is 0 Å². The van der Waals surface area contributed by atoms with Gasteiger partial charge in [-0.25, -0.2) is 0 Å². The number of nitrogens with zero attached hydrogens (tertiary/aromatic N) is 1. The molecule has 2 heteroatoms. The van der Waals surface area contributed by atoms with Gasteiger partial charge in [0.05, 0.1) is 6.04 Å². The van der Waals surface area contributed by atoms with Gasteiger partial charge in [-0.3, -0.25) is 9.69 Å². The first kappa shape index (κ1) is 13.3. The van der Waals surface area contributed by atoms with Gasteiger partial charge in [0, 0.05) is 6.54 Å². The maximum absolute atomic E-state index is 11.6. The van der Waals surface area contributed by atoms with E-state index in [0.29, 0.717) is 11.7 Å².